The number of nitrogens with one attached hydrogen (secondary N) is 2. The molecule has 132 valence electrons. The molecule has 0 radical (unpaired) electrons. The first-order valence-electron chi connectivity index (χ1n) is 8.10. The largest absolute Gasteiger partial charge is 0.343 e. The average molecular weight is 368 g/mol. The van der Waals surface area contributed by atoms with E-state index in [2.05, 4.69) is 10.6 Å². The lowest BCUT2D eigenvalue weighted by Gasteiger charge is -2.09. The summed E-state index contributed by atoms with van der Waals surface area (Å²) in [5, 5.41) is 5.75. The van der Waals surface area contributed by atoms with Gasteiger partial charge in [-0.15, -0.1) is 0 Å². The maximum Gasteiger partial charge on any atom is 0.251 e. The van der Waals surface area contributed by atoms with Crippen molar-refractivity contribution in [2.24, 2.45) is 0 Å². The maximum absolute atomic E-state index is 12.2. The number of carbonyl (C=O) groups excluding carboxylic acids is 2. The molecule has 0 bridgehead atoms. The number of benzene rings is 2. The number of rotatable bonds is 5. The molecule has 2 aromatic carbocycles. The fraction of sp³-hybridized carbons (Fsp3) is 0.100. The van der Waals surface area contributed by atoms with Crippen molar-refractivity contribution in [3.63, 3.8) is 0 Å². The van der Waals surface area contributed by atoms with Crippen molar-refractivity contribution in [1.82, 2.24) is 9.88 Å². The molecule has 1 heterocycles. The Kier molecular flexibility index (Phi) is 5.39. The van der Waals surface area contributed by atoms with Crippen molar-refractivity contribution in [2.45, 2.75) is 6.92 Å². The van der Waals surface area contributed by atoms with Crippen molar-refractivity contribution < 1.29 is 9.59 Å². The van der Waals surface area contributed by atoms with Crippen molar-refractivity contribution >= 4 is 29.1 Å². The lowest BCUT2D eigenvalue weighted by molar-refractivity contribution is -0.115. The molecule has 0 fully saturated rings. The van der Waals surface area contributed by atoms with Gasteiger partial charge in [-0.2, -0.15) is 0 Å². The highest BCUT2D eigenvalue weighted by Gasteiger charge is 2.10. The number of aryl methyl sites for hydroxylation is 1. The minimum atomic E-state index is -0.340. The van der Waals surface area contributed by atoms with Crippen LogP contribution in [0.3, 0.4) is 0 Å². The second-order valence-electron chi connectivity index (χ2n) is 5.85. The number of hydrogen-bond donors (Lipinski definition) is 2. The fourth-order valence-corrected chi connectivity index (χ4v) is 2.75. The zero-order chi connectivity index (χ0) is 18.5. The van der Waals surface area contributed by atoms with E-state index in [9.17, 15) is 9.59 Å². The molecule has 0 saturated heterocycles. The van der Waals surface area contributed by atoms with Crippen LogP contribution in [0.1, 0.15) is 15.9 Å². The Morgan fingerprint density at radius 2 is 1.73 bits per heavy atom. The Balaban J connectivity index is 1.55. The van der Waals surface area contributed by atoms with Crippen molar-refractivity contribution in [3.8, 4) is 5.69 Å². The van der Waals surface area contributed by atoms with Crippen LogP contribution in [-0.4, -0.2) is 22.9 Å². The minimum Gasteiger partial charge on any atom is -0.343 e. The summed E-state index contributed by atoms with van der Waals surface area (Å²) in [5.74, 6) is -0.651. The Hall–Kier alpha value is -3.05. The molecule has 0 aliphatic carbocycles. The molecule has 0 atom stereocenters. The van der Waals surface area contributed by atoms with Crippen LogP contribution in [-0.2, 0) is 4.79 Å². The summed E-state index contributed by atoms with van der Waals surface area (Å²) in [5.41, 5.74) is 2.97. The van der Waals surface area contributed by atoms with Crippen molar-refractivity contribution in [3.05, 3.63) is 83.1 Å². The minimum absolute atomic E-state index is 0.137. The molecule has 2 amide bonds. The van der Waals surface area contributed by atoms with Crippen LogP contribution in [0.25, 0.3) is 5.69 Å². The van der Waals surface area contributed by atoms with Gasteiger partial charge in [0.2, 0.25) is 5.91 Å². The second-order valence-corrected chi connectivity index (χ2v) is 6.26. The van der Waals surface area contributed by atoms with E-state index in [1.807, 2.05) is 54.2 Å². The summed E-state index contributed by atoms with van der Waals surface area (Å²) in [6, 6.07) is 16.4. The maximum atomic E-state index is 12.2. The van der Waals surface area contributed by atoms with Crippen LogP contribution >= 0.6 is 11.6 Å². The van der Waals surface area contributed by atoms with Gasteiger partial charge < -0.3 is 15.2 Å². The topological polar surface area (TPSA) is 63.1 Å². The van der Waals surface area contributed by atoms with E-state index < -0.39 is 0 Å². The van der Waals surface area contributed by atoms with Crippen molar-refractivity contribution in [2.75, 3.05) is 11.9 Å². The molecule has 0 aliphatic heterocycles. The summed E-state index contributed by atoms with van der Waals surface area (Å²) >= 11 is 6.09. The van der Waals surface area contributed by atoms with Gasteiger partial charge in [-0.3, -0.25) is 9.59 Å². The summed E-state index contributed by atoms with van der Waals surface area (Å²) in [6.07, 6.45) is 3.85. The molecular formula is C20H18ClN3O2. The average Bonchev–Trinajstić information content (AvgIpc) is 3.17. The number of aromatic nitrogens is 1. The smallest absolute Gasteiger partial charge is 0.251 e. The molecule has 0 unspecified atom stereocenters. The molecule has 0 saturated carbocycles. The number of amides is 2. The van der Waals surface area contributed by atoms with Gasteiger partial charge in [-0.05, 0) is 61.0 Å². The molecule has 6 heteroatoms. The fourth-order valence-electron chi connectivity index (χ4n) is 2.47. The molecule has 3 aromatic rings. The van der Waals surface area contributed by atoms with E-state index in [1.54, 1.807) is 24.3 Å². The third kappa shape index (κ3) is 4.32. The molecule has 2 N–H and O–H groups in total. The number of halogens is 1. The van der Waals surface area contributed by atoms with Crippen LogP contribution in [0.4, 0.5) is 5.69 Å². The second kappa shape index (κ2) is 7.89. The van der Waals surface area contributed by atoms with Crippen LogP contribution in [0.5, 0.6) is 0 Å². The first kappa shape index (κ1) is 17.8. The van der Waals surface area contributed by atoms with E-state index in [1.165, 1.54) is 0 Å². The normalized spacial score (nSPS) is 10.4. The Morgan fingerprint density at radius 1 is 1.04 bits per heavy atom. The molecule has 1 aromatic heterocycles. The highest BCUT2D eigenvalue weighted by Crippen LogP contribution is 2.22. The molecular weight excluding hydrogens is 350 g/mol. The van der Waals surface area contributed by atoms with Gasteiger partial charge in [0.05, 0.1) is 17.3 Å². The Labute approximate surface area is 156 Å². The van der Waals surface area contributed by atoms with Gasteiger partial charge in [0, 0.05) is 23.6 Å². The van der Waals surface area contributed by atoms with Gasteiger partial charge in [0.1, 0.15) is 0 Å². The summed E-state index contributed by atoms with van der Waals surface area (Å²) < 4.78 is 1.94. The highest BCUT2D eigenvalue weighted by atomic mass is 35.5. The molecule has 0 aliphatic rings. The monoisotopic (exact) mass is 367 g/mol. The molecule has 5 nitrogen and oxygen atoms in total. The number of anilines is 1. The standard InChI is InChI=1S/C20H18ClN3O2/c1-14-4-9-18(17(21)12-14)23-19(25)13-22-20(26)15-5-7-16(8-6-15)24-10-2-3-11-24/h2-12H,13H2,1H3,(H,22,26)(H,23,25). The van der Waals surface area contributed by atoms with E-state index in [4.69, 9.17) is 11.6 Å². The highest BCUT2D eigenvalue weighted by molar-refractivity contribution is 6.33. The first-order valence-corrected chi connectivity index (χ1v) is 8.48. The zero-order valence-electron chi connectivity index (χ0n) is 14.2. The molecule has 3 rings (SSSR count). The third-order valence-corrected chi connectivity index (χ3v) is 4.15. The lowest BCUT2D eigenvalue weighted by atomic mass is 10.2. The molecule has 0 spiro atoms. The van der Waals surface area contributed by atoms with E-state index in [-0.39, 0.29) is 18.4 Å². The molecule has 26 heavy (non-hydrogen) atoms. The third-order valence-electron chi connectivity index (χ3n) is 3.84. The van der Waals surface area contributed by atoms with Gasteiger partial charge in [-0.25, -0.2) is 0 Å². The number of nitrogens with zero attached hydrogens (tertiary/aromatic N) is 1. The summed E-state index contributed by atoms with van der Waals surface area (Å²) in [6.45, 7) is 1.78. The first-order chi connectivity index (χ1) is 12.5. The Morgan fingerprint density at radius 3 is 2.38 bits per heavy atom. The zero-order valence-corrected chi connectivity index (χ0v) is 15.0. The Bertz CT molecular complexity index is 919. The van der Waals surface area contributed by atoms with Crippen molar-refractivity contribution in [1.29, 1.82) is 0 Å². The van der Waals surface area contributed by atoms with Gasteiger partial charge >= 0.3 is 0 Å². The van der Waals surface area contributed by atoms with E-state index in [0.29, 0.717) is 16.3 Å². The van der Waals surface area contributed by atoms with Gasteiger partial charge in [0.15, 0.2) is 0 Å². The quantitative estimate of drug-likeness (QED) is 0.720. The number of hydrogen-bond acceptors (Lipinski definition) is 2. The predicted octanol–water partition coefficient (Wildman–Crippen LogP) is 3.81. The number of carbonyl (C=O) groups is 2. The van der Waals surface area contributed by atoms with E-state index >= 15 is 0 Å². The van der Waals surface area contributed by atoms with Crippen LogP contribution in [0.15, 0.2) is 67.0 Å². The SMILES string of the molecule is Cc1ccc(NC(=O)CNC(=O)c2ccc(-n3cccc3)cc2)c(Cl)c1. The summed E-state index contributed by atoms with van der Waals surface area (Å²) in [7, 11) is 0. The lowest BCUT2D eigenvalue weighted by Crippen LogP contribution is -2.32. The van der Waals surface area contributed by atoms with Crippen LogP contribution in [0, 0.1) is 6.92 Å². The van der Waals surface area contributed by atoms with Crippen LogP contribution in [0.2, 0.25) is 5.02 Å². The van der Waals surface area contributed by atoms with Crippen LogP contribution < -0.4 is 10.6 Å². The van der Waals surface area contributed by atoms with Gasteiger partial charge in [-0.1, -0.05) is 17.7 Å². The van der Waals surface area contributed by atoms with E-state index in [0.717, 1.165) is 11.3 Å². The predicted molar refractivity (Wildman–Crippen MR) is 103 cm³/mol. The summed E-state index contributed by atoms with van der Waals surface area (Å²) in [4.78, 5) is 24.2. The van der Waals surface area contributed by atoms with Gasteiger partial charge in [0.25, 0.3) is 5.91 Å².